The molecule has 0 radical (unpaired) electrons. The Balaban J connectivity index is 0.000000288. The van der Waals surface area contributed by atoms with E-state index in [0.29, 0.717) is 0 Å². The summed E-state index contributed by atoms with van der Waals surface area (Å²) in [6.45, 7) is 10.3. The summed E-state index contributed by atoms with van der Waals surface area (Å²) in [5.74, 6) is -0.329. The zero-order valence-electron chi connectivity index (χ0n) is 9.19. The molecule has 0 saturated carbocycles. The van der Waals surface area contributed by atoms with Crippen LogP contribution >= 0.6 is 0 Å². The van der Waals surface area contributed by atoms with Crippen LogP contribution in [0.15, 0.2) is 49.8 Å². The van der Waals surface area contributed by atoms with Gasteiger partial charge in [0.1, 0.15) is 0 Å². The van der Waals surface area contributed by atoms with Crippen molar-refractivity contribution in [3.8, 4) is 0 Å². The lowest BCUT2D eigenvalue weighted by atomic mass is 10.1. The van der Waals surface area contributed by atoms with Crippen molar-refractivity contribution >= 4 is 11.5 Å². The van der Waals surface area contributed by atoms with Crippen molar-refractivity contribution in [1.29, 1.82) is 0 Å². The molecule has 2 nitrogen and oxygen atoms in total. The molecule has 0 aromatic heterocycles. The van der Waals surface area contributed by atoms with Crippen molar-refractivity contribution < 1.29 is 9.53 Å². The van der Waals surface area contributed by atoms with Gasteiger partial charge in [-0.1, -0.05) is 49.1 Å². The fourth-order valence-electron chi connectivity index (χ4n) is 0.840. The summed E-state index contributed by atoms with van der Waals surface area (Å²) in [6, 6.07) is 10.2. The molecule has 0 heterocycles. The van der Waals surface area contributed by atoms with E-state index in [4.69, 9.17) is 0 Å². The first kappa shape index (κ1) is 13.2. The van der Waals surface area contributed by atoms with Crippen LogP contribution in [0, 0.1) is 0 Å². The zero-order valence-corrected chi connectivity index (χ0v) is 9.19. The third kappa shape index (κ3) is 7.26. The van der Waals surface area contributed by atoms with Crippen LogP contribution in [0.3, 0.4) is 0 Å². The van der Waals surface area contributed by atoms with Gasteiger partial charge in [-0.25, -0.2) is 0 Å². The molecule has 0 aliphatic heterocycles. The predicted molar refractivity (Wildman–Crippen MR) is 63.1 cm³/mol. The van der Waals surface area contributed by atoms with Gasteiger partial charge in [-0.05, 0) is 12.5 Å². The number of carbonyl (C=O) groups is 1. The Morgan fingerprint density at radius 3 is 2.00 bits per heavy atom. The number of ether oxygens (including phenoxy) is 1. The molecule has 0 N–H and O–H groups in total. The van der Waals surface area contributed by atoms with Gasteiger partial charge in [0.05, 0.1) is 6.26 Å². The van der Waals surface area contributed by atoms with Crippen molar-refractivity contribution in [2.75, 3.05) is 0 Å². The van der Waals surface area contributed by atoms with Crippen LogP contribution in [0.25, 0.3) is 5.57 Å². The van der Waals surface area contributed by atoms with Gasteiger partial charge in [-0.2, -0.15) is 0 Å². The van der Waals surface area contributed by atoms with E-state index in [1.165, 1.54) is 12.5 Å². The highest BCUT2D eigenvalue weighted by atomic mass is 16.5. The molecule has 1 aromatic carbocycles. The number of esters is 1. The highest BCUT2D eigenvalue weighted by Crippen LogP contribution is 2.08. The quantitative estimate of drug-likeness (QED) is 0.545. The van der Waals surface area contributed by atoms with Crippen LogP contribution in [0.2, 0.25) is 0 Å². The third-order valence-electron chi connectivity index (χ3n) is 1.52. The lowest BCUT2D eigenvalue weighted by Crippen LogP contribution is -1.87. The molecule has 0 atom stereocenters. The highest BCUT2D eigenvalue weighted by molar-refractivity contribution is 5.66. The van der Waals surface area contributed by atoms with E-state index in [1.807, 2.05) is 25.1 Å². The van der Waals surface area contributed by atoms with Crippen LogP contribution in [0.1, 0.15) is 19.4 Å². The molecule has 0 spiro atoms. The molecule has 0 amide bonds. The first-order valence-corrected chi connectivity index (χ1v) is 4.57. The summed E-state index contributed by atoms with van der Waals surface area (Å²) >= 11 is 0. The molecule has 0 unspecified atom stereocenters. The minimum absolute atomic E-state index is 0.329. The molecule has 0 fully saturated rings. The Bertz CT molecular complexity index is 326. The maximum Gasteiger partial charge on any atom is 0.307 e. The number of benzene rings is 1. The molecule has 0 bridgehead atoms. The van der Waals surface area contributed by atoms with Crippen LogP contribution in [-0.4, -0.2) is 5.97 Å². The first-order chi connectivity index (χ1) is 7.07. The maximum absolute atomic E-state index is 9.75. The molecule has 0 aliphatic rings. The Labute approximate surface area is 90.9 Å². The van der Waals surface area contributed by atoms with Gasteiger partial charge in [0, 0.05) is 6.92 Å². The SMILES string of the molecule is C=C(C)c1ccccc1.C=COC(C)=O. The predicted octanol–water partition coefficient (Wildman–Crippen LogP) is 3.41. The van der Waals surface area contributed by atoms with Gasteiger partial charge in [0.15, 0.2) is 0 Å². The van der Waals surface area contributed by atoms with Gasteiger partial charge in [0.25, 0.3) is 0 Å². The molecule has 1 aromatic rings. The molecular formula is C13H16O2. The first-order valence-electron chi connectivity index (χ1n) is 4.57. The molecular weight excluding hydrogens is 188 g/mol. The zero-order chi connectivity index (χ0) is 11.7. The highest BCUT2D eigenvalue weighted by Gasteiger charge is 1.86. The minimum atomic E-state index is -0.329. The second-order valence-electron chi connectivity index (χ2n) is 2.92. The second-order valence-corrected chi connectivity index (χ2v) is 2.92. The van der Waals surface area contributed by atoms with Gasteiger partial charge in [-0.3, -0.25) is 4.79 Å². The van der Waals surface area contributed by atoms with E-state index < -0.39 is 0 Å². The van der Waals surface area contributed by atoms with Crippen LogP contribution in [-0.2, 0) is 9.53 Å². The van der Waals surface area contributed by atoms with E-state index in [0.717, 1.165) is 11.8 Å². The summed E-state index contributed by atoms with van der Waals surface area (Å²) in [4.78, 5) is 9.75. The van der Waals surface area contributed by atoms with Gasteiger partial charge in [0.2, 0.25) is 0 Å². The Morgan fingerprint density at radius 2 is 1.80 bits per heavy atom. The van der Waals surface area contributed by atoms with Gasteiger partial charge in [-0.15, -0.1) is 0 Å². The third-order valence-corrected chi connectivity index (χ3v) is 1.52. The van der Waals surface area contributed by atoms with Crippen molar-refractivity contribution in [3.05, 3.63) is 55.3 Å². The summed E-state index contributed by atoms with van der Waals surface area (Å²) in [6.07, 6.45) is 1.10. The Morgan fingerprint density at radius 1 is 1.27 bits per heavy atom. The van der Waals surface area contributed by atoms with Crippen LogP contribution in [0.5, 0.6) is 0 Å². The Kier molecular flexibility index (Phi) is 6.64. The normalized spacial score (nSPS) is 8.13. The lowest BCUT2D eigenvalue weighted by Gasteiger charge is -1.94. The second kappa shape index (κ2) is 7.56. The monoisotopic (exact) mass is 204 g/mol. The van der Waals surface area contributed by atoms with Gasteiger partial charge < -0.3 is 4.74 Å². The molecule has 1 rings (SSSR count). The molecule has 80 valence electrons. The summed E-state index contributed by atoms with van der Waals surface area (Å²) < 4.78 is 4.17. The molecule has 0 saturated heterocycles. The van der Waals surface area contributed by atoms with Crippen molar-refractivity contribution in [1.82, 2.24) is 0 Å². The molecule has 15 heavy (non-hydrogen) atoms. The summed E-state index contributed by atoms with van der Waals surface area (Å²) in [5.41, 5.74) is 2.34. The number of rotatable bonds is 2. The fraction of sp³-hybridized carbons (Fsp3) is 0.154. The summed E-state index contributed by atoms with van der Waals surface area (Å²) in [5, 5.41) is 0. The van der Waals surface area contributed by atoms with E-state index in [1.54, 1.807) is 0 Å². The van der Waals surface area contributed by atoms with E-state index in [9.17, 15) is 4.79 Å². The van der Waals surface area contributed by atoms with E-state index >= 15 is 0 Å². The average Bonchev–Trinajstić information content (AvgIpc) is 2.20. The Hall–Kier alpha value is -1.83. The molecule has 0 aliphatic carbocycles. The number of allylic oxidation sites excluding steroid dienone is 1. The number of hydrogen-bond acceptors (Lipinski definition) is 2. The standard InChI is InChI=1S/C9H10.C4H6O2/c1-8(2)9-6-4-3-5-7-9;1-3-6-4(2)5/h3-7H,1H2,2H3;3H,1H2,2H3. The van der Waals surface area contributed by atoms with E-state index in [2.05, 4.69) is 30.0 Å². The lowest BCUT2D eigenvalue weighted by molar-refractivity contribution is -0.135. The van der Waals surface area contributed by atoms with Crippen molar-refractivity contribution in [2.24, 2.45) is 0 Å². The number of carbonyl (C=O) groups excluding carboxylic acids is 1. The largest absolute Gasteiger partial charge is 0.435 e. The average molecular weight is 204 g/mol. The fourth-order valence-corrected chi connectivity index (χ4v) is 0.840. The van der Waals surface area contributed by atoms with Crippen molar-refractivity contribution in [3.63, 3.8) is 0 Å². The maximum atomic E-state index is 9.75. The van der Waals surface area contributed by atoms with E-state index in [-0.39, 0.29) is 5.97 Å². The number of hydrogen-bond donors (Lipinski definition) is 0. The molecule has 2 heteroatoms. The van der Waals surface area contributed by atoms with Crippen molar-refractivity contribution in [2.45, 2.75) is 13.8 Å². The minimum Gasteiger partial charge on any atom is -0.435 e. The smallest absolute Gasteiger partial charge is 0.307 e. The topological polar surface area (TPSA) is 26.3 Å². The summed E-state index contributed by atoms with van der Waals surface area (Å²) in [7, 11) is 0. The van der Waals surface area contributed by atoms with Gasteiger partial charge >= 0.3 is 5.97 Å². The van der Waals surface area contributed by atoms with Crippen LogP contribution in [0.4, 0.5) is 0 Å². The van der Waals surface area contributed by atoms with Crippen LogP contribution < -0.4 is 0 Å².